The second-order valence-corrected chi connectivity index (χ2v) is 5.91. The molecule has 1 aromatic carbocycles. The predicted octanol–water partition coefficient (Wildman–Crippen LogP) is 3.18. The van der Waals surface area contributed by atoms with Gasteiger partial charge >= 0.3 is 6.18 Å². The summed E-state index contributed by atoms with van der Waals surface area (Å²) < 4.78 is 38.7. The van der Waals surface area contributed by atoms with Gasteiger partial charge in [-0.25, -0.2) is 0 Å². The van der Waals surface area contributed by atoms with E-state index >= 15 is 0 Å². The third kappa shape index (κ3) is 4.04. The Morgan fingerprint density at radius 2 is 1.87 bits per heavy atom. The van der Waals surface area contributed by atoms with Crippen molar-refractivity contribution in [2.24, 2.45) is 7.05 Å². The Labute approximate surface area is 135 Å². The van der Waals surface area contributed by atoms with Gasteiger partial charge in [0, 0.05) is 12.7 Å². The van der Waals surface area contributed by atoms with Gasteiger partial charge in [0.05, 0.1) is 5.75 Å². The van der Waals surface area contributed by atoms with Crippen molar-refractivity contribution < 1.29 is 18.0 Å². The lowest BCUT2D eigenvalue weighted by Crippen LogP contribution is -2.16. The van der Waals surface area contributed by atoms with Gasteiger partial charge in [0.1, 0.15) is 0 Å². The number of aromatic nitrogens is 3. The summed E-state index contributed by atoms with van der Waals surface area (Å²) in [6, 6.07) is 5.62. The first-order chi connectivity index (χ1) is 10.7. The molecule has 1 aromatic heterocycles. The van der Waals surface area contributed by atoms with E-state index in [0.717, 1.165) is 27.5 Å². The molecular formula is C14H15F3N4OS. The Kier molecular flexibility index (Phi) is 4.98. The fraction of sp³-hybridized carbons (Fsp3) is 0.357. The Morgan fingerprint density at radius 1 is 1.26 bits per heavy atom. The number of hydrogen-bond donors (Lipinski definition) is 1. The molecule has 2 rings (SSSR count). The number of halogens is 3. The van der Waals surface area contributed by atoms with Crippen LogP contribution in [-0.4, -0.2) is 26.4 Å². The smallest absolute Gasteiger partial charge is 0.325 e. The molecule has 0 atom stereocenters. The quantitative estimate of drug-likeness (QED) is 0.866. The van der Waals surface area contributed by atoms with Gasteiger partial charge < -0.3 is 9.88 Å². The summed E-state index contributed by atoms with van der Waals surface area (Å²) in [4.78, 5) is 12.0. The number of benzene rings is 1. The minimum atomic E-state index is -4.57. The minimum absolute atomic E-state index is 0.0361. The first-order valence-corrected chi connectivity index (χ1v) is 7.64. The molecule has 0 aliphatic heterocycles. The molecule has 23 heavy (non-hydrogen) atoms. The zero-order chi connectivity index (χ0) is 17.2. The molecule has 0 radical (unpaired) electrons. The van der Waals surface area contributed by atoms with Crippen LogP contribution in [0.1, 0.15) is 17.0 Å². The van der Waals surface area contributed by atoms with Crippen molar-refractivity contribution in [2.75, 3.05) is 11.1 Å². The number of hydrogen-bond acceptors (Lipinski definition) is 4. The monoisotopic (exact) mass is 344 g/mol. The van der Waals surface area contributed by atoms with Crippen LogP contribution in [0.15, 0.2) is 23.4 Å². The molecule has 5 nitrogen and oxygen atoms in total. The first kappa shape index (κ1) is 17.3. The zero-order valence-electron chi connectivity index (χ0n) is 12.7. The van der Waals surface area contributed by atoms with Crippen LogP contribution in [0.4, 0.5) is 18.9 Å². The van der Waals surface area contributed by atoms with Crippen LogP contribution in [-0.2, 0) is 18.0 Å². The average Bonchev–Trinajstić information content (AvgIpc) is 2.82. The number of aryl methyl sites for hydroxylation is 2. The largest absolute Gasteiger partial charge is 0.451 e. The maximum atomic E-state index is 12.6. The summed E-state index contributed by atoms with van der Waals surface area (Å²) in [5.41, 5.74) is 2.55. The van der Waals surface area contributed by atoms with Gasteiger partial charge in [-0.05, 0) is 25.0 Å². The maximum absolute atomic E-state index is 12.6. The lowest BCUT2D eigenvalue weighted by atomic mass is 10.1. The van der Waals surface area contributed by atoms with Crippen LogP contribution >= 0.6 is 11.8 Å². The number of anilines is 1. The van der Waals surface area contributed by atoms with Gasteiger partial charge in [-0.15, -0.1) is 10.2 Å². The highest BCUT2D eigenvalue weighted by Crippen LogP contribution is 2.29. The van der Waals surface area contributed by atoms with Crippen molar-refractivity contribution in [3.63, 3.8) is 0 Å². The standard InChI is InChI=1S/C14H15F3N4OS/c1-8-5-4-6-9(2)11(8)18-10(22)7-23-13-20-19-12(21(13)3)14(15,16)17/h4-6H,7H2,1-3H3,(H,18,22). The summed E-state index contributed by atoms with van der Waals surface area (Å²) in [5.74, 6) is -1.46. The highest BCUT2D eigenvalue weighted by atomic mass is 32.2. The van der Waals surface area contributed by atoms with E-state index in [0.29, 0.717) is 5.69 Å². The second kappa shape index (κ2) is 6.61. The van der Waals surface area contributed by atoms with E-state index in [1.807, 2.05) is 32.0 Å². The number of amides is 1. The molecule has 1 N–H and O–H groups in total. The average molecular weight is 344 g/mol. The molecule has 1 heterocycles. The molecule has 0 saturated heterocycles. The summed E-state index contributed by atoms with van der Waals surface area (Å²) >= 11 is 0.900. The molecule has 0 aliphatic carbocycles. The SMILES string of the molecule is Cc1cccc(C)c1NC(=O)CSc1nnc(C(F)(F)F)n1C. The van der Waals surface area contributed by atoms with Crippen LogP contribution in [0.2, 0.25) is 0 Å². The van der Waals surface area contributed by atoms with Gasteiger partial charge in [0.2, 0.25) is 11.7 Å². The fourth-order valence-electron chi connectivity index (χ4n) is 2.00. The van der Waals surface area contributed by atoms with Crippen LogP contribution in [0.25, 0.3) is 0 Å². The third-order valence-electron chi connectivity index (χ3n) is 3.17. The third-order valence-corrected chi connectivity index (χ3v) is 4.19. The van der Waals surface area contributed by atoms with Crippen molar-refractivity contribution in [1.82, 2.24) is 14.8 Å². The fourth-order valence-corrected chi connectivity index (χ4v) is 2.72. The van der Waals surface area contributed by atoms with E-state index in [1.54, 1.807) is 0 Å². The molecule has 2 aromatic rings. The Morgan fingerprint density at radius 3 is 2.39 bits per heavy atom. The van der Waals surface area contributed by atoms with Gasteiger partial charge in [-0.2, -0.15) is 13.2 Å². The Balaban J connectivity index is 2.02. The lowest BCUT2D eigenvalue weighted by Gasteiger charge is -2.11. The van der Waals surface area contributed by atoms with E-state index in [1.165, 1.54) is 7.05 Å². The van der Waals surface area contributed by atoms with E-state index in [9.17, 15) is 18.0 Å². The van der Waals surface area contributed by atoms with Crippen molar-refractivity contribution in [3.8, 4) is 0 Å². The summed E-state index contributed by atoms with van der Waals surface area (Å²) in [6.45, 7) is 3.74. The van der Waals surface area contributed by atoms with Gasteiger partial charge in [0.25, 0.3) is 0 Å². The normalized spacial score (nSPS) is 11.6. The number of carbonyl (C=O) groups excluding carboxylic acids is 1. The number of nitrogens with one attached hydrogen (secondary N) is 1. The minimum Gasteiger partial charge on any atom is -0.325 e. The maximum Gasteiger partial charge on any atom is 0.451 e. The molecule has 0 aliphatic rings. The van der Waals surface area contributed by atoms with Crippen molar-refractivity contribution >= 4 is 23.4 Å². The number of carbonyl (C=O) groups is 1. The van der Waals surface area contributed by atoms with Crippen LogP contribution in [0.3, 0.4) is 0 Å². The molecule has 124 valence electrons. The van der Waals surface area contributed by atoms with E-state index in [-0.39, 0.29) is 16.8 Å². The van der Waals surface area contributed by atoms with Crippen molar-refractivity contribution in [2.45, 2.75) is 25.2 Å². The number of nitrogens with zero attached hydrogens (tertiary/aromatic N) is 3. The highest BCUT2D eigenvalue weighted by molar-refractivity contribution is 7.99. The van der Waals surface area contributed by atoms with Crippen LogP contribution in [0.5, 0.6) is 0 Å². The summed E-state index contributed by atoms with van der Waals surface area (Å²) in [6.07, 6.45) is -4.57. The van der Waals surface area contributed by atoms with Gasteiger partial charge in [-0.1, -0.05) is 30.0 Å². The summed E-state index contributed by atoms with van der Waals surface area (Å²) in [7, 11) is 1.22. The lowest BCUT2D eigenvalue weighted by molar-refractivity contribution is -0.147. The highest BCUT2D eigenvalue weighted by Gasteiger charge is 2.37. The van der Waals surface area contributed by atoms with E-state index in [4.69, 9.17) is 0 Å². The molecule has 9 heteroatoms. The Bertz CT molecular complexity index is 707. The molecule has 0 spiro atoms. The molecule has 0 unspecified atom stereocenters. The van der Waals surface area contributed by atoms with E-state index in [2.05, 4.69) is 15.5 Å². The molecule has 1 amide bonds. The van der Waals surface area contributed by atoms with E-state index < -0.39 is 12.0 Å². The molecule has 0 saturated carbocycles. The summed E-state index contributed by atoms with van der Waals surface area (Å²) in [5, 5.41) is 9.39. The number of thioether (sulfide) groups is 1. The molecule has 0 fully saturated rings. The molecule has 0 bridgehead atoms. The number of para-hydroxylation sites is 1. The molecular weight excluding hydrogens is 329 g/mol. The zero-order valence-corrected chi connectivity index (χ0v) is 13.5. The van der Waals surface area contributed by atoms with Crippen molar-refractivity contribution in [1.29, 1.82) is 0 Å². The van der Waals surface area contributed by atoms with Crippen LogP contribution in [0, 0.1) is 13.8 Å². The predicted molar refractivity (Wildman–Crippen MR) is 81.3 cm³/mol. The first-order valence-electron chi connectivity index (χ1n) is 6.65. The Hall–Kier alpha value is -2.03. The van der Waals surface area contributed by atoms with Gasteiger partial charge in [-0.3, -0.25) is 4.79 Å². The van der Waals surface area contributed by atoms with Crippen LogP contribution < -0.4 is 5.32 Å². The topological polar surface area (TPSA) is 59.8 Å². The number of rotatable bonds is 4. The second-order valence-electron chi connectivity index (χ2n) is 4.97. The number of alkyl halides is 3. The van der Waals surface area contributed by atoms with Crippen molar-refractivity contribution in [3.05, 3.63) is 35.2 Å². The van der Waals surface area contributed by atoms with Gasteiger partial charge in [0.15, 0.2) is 5.16 Å².